The topological polar surface area (TPSA) is 0 Å². The number of benzene rings is 2. The highest BCUT2D eigenvalue weighted by Crippen LogP contribution is 2.54. The zero-order valence-corrected chi connectivity index (χ0v) is 11.5. The first-order valence-corrected chi connectivity index (χ1v) is 8.14. The van der Waals surface area contributed by atoms with Gasteiger partial charge in [0.25, 0.3) is 0 Å². The molecule has 2 aromatic carbocycles. The third-order valence-electron chi connectivity index (χ3n) is 3.99. The molecule has 2 aliphatic rings. The summed E-state index contributed by atoms with van der Waals surface area (Å²) in [6.45, 7) is 0. The molecule has 0 bridgehead atoms. The molecule has 4 rings (SSSR count). The lowest BCUT2D eigenvalue weighted by Gasteiger charge is -2.23. The van der Waals surface area contributed by atoms with Crippen molar-refractivity contribution in [3.05, 3.63) is 84.5 Å². The molecule has 0 amide bonds. The van der Waals surface area contributed by atoms with Gasteiger partial charge in [-0.3, -0.25) is 0 Å². The zero-order valence-electron chi connectivity index (χ0n) is 10.6. The Morgan fingerprint density at radius 1 is 0.737 bits per heavy atom. The Morgan fingerprint density at radius 2 is 1.47 bits per heavy atom. The van der Waals surface area contributed by atoms with E-state index in [0.717, 1.165) is 0 Å². The van der Waals surface area contributed by atoms with Crippen molar-refractivity contribution in [2.24, 2.45) is 0 Å². The molecule has 0 radical (unpaired) electrons. The second kappa shape index (κ2) is 4.47. The van der Waals surface area contributed by atoms with Crippen molar-refractivity contribution in [1.82, 2.24) is 0 Å². The Kier molecular flexibility index (Phi) is 2.64. The van der Waals surface area contributed by atoms with Gasteiger partial charge in [0, 0.05) is 11.6 Å². The lowest BCUT2D eigenvalue weighted by atomic mass is 9.93. The Labute approximate surface area is 115 Å². The largest absolute Gasteiger partial charge is 0.0760 e. The molecule has 0 fully saturated rings. The number of rotatable bonds is 1. The molecule has 1 aliphatic carbocycles. The fourth-order valence-corrected chi connectivity index (χ4v) is 6.22. The zero-order chi connectivity index (χ0) is 12.7. The van der Waals surface area contributed by atoms with E-state index in [4.69, 9.17) is 0 Å². The van der Waals surface area contributed by atoms with Gasteiger partial charge in [0.1, 0.15) is 0 Å². The van der Waals surface area contributed by atoms with Crippen LogP contribution in [0.1, 0.15) is 11.5 Å². The third-order valence-corrected chi connectivity index (χ3v) is 6.86. The van der Waals surface area contributed by atoms with Crippen LogP contribution in [0.2, 0.25) is 0 Å². The van der Waals surface area contributed by atoms with E-state index < -0.39 is 0 Å². The normalized spacial score (nSPS) is 27.1. The first kappa shape index (κ1) is 11.2. The van der Waals surface area contributed by atoms with Crippen LogP contribution in [-0.4, -0.2) is 5.66 Å². The molecule has 0 aromatic heterocycles. The summed E-state index contributed by atoms with van der Waals surface area (Å²) in [5.74, 6) is 0.576. The van der Waals surface area contributed by atoms with Crippen molar-refractivity contribution < 1.29 is 0 Å². The standard InChI is InChI=1S/C18H15P/c1-2-8-14(9-3-1)19-17-12-6-4-10-15(17)16-11-5-7-13-18(16)19/h1-13,15,17H. The molecule has 1 aliphatic heterocycles. The fourth-order valence-electron chi connectivity index (χ4n) is 3.18. The van der Waals surface area contributed by atoms with Gasteiger partial charge < -0.3 is 0 Å². The molecule has 0 N–H and O–H groups in total. The van der Waals surface area contributed by atoms with Crippen LogP contribution in [0.15, 0.2) is 78.9 Å². The van der Waals surface area contributed by atoms with E-state index in [-0.39, 0.29) is 7.92 Å². The van der Waals surface area contributed by atoms with Crippen molar-refractivity contribution in [2.75, 3.05) is 0 Å². The molecule has 0 saturated heterocycles. The minimum atomic E-state index is -0.252. The van der Waals surface area contributed by atoms with Gasteiger partial charge in [-0.1, -0.05) is 78.9 Å². The van der Waals surface area contributed by atoms with Gasteiger partial charge in [-0.2, -0.15) is 0 Å². The van der Waals surface area contributed by atoms with E-state index in [1.165, 1.54) is 10.9 Å². The van der Waals surface area contributed by atoms with Crippen molar-refractivity contribution in [2.45, 2.75) is 11.6 Å². The smallest absolute Gasteiger partial charge is 0.0158 e. The maximum absolute atomic E-state index is 2.41. The van der Waals surface area contributed by atoms with Crippen LogP contribution in [0.5, 0.6) is 0 Å². The summed E-state index contributed by atoms with van der Waals surface area (Å²) in [6, 6.07) is 20.0. The minimum absolute atomic E-state index is 0.252. The lowest BCUT2D eigenvalue weighted by molar-refractivity contribution is 0.889. The van der Waals surface area contributed by atoms with Gasteiger partial charge in [0.15, 0.2) is 0 Å². The van der Waals surface area contributed by atoms with Gasteiger partial charge in [0.2, 0.25) is 0 Å². The summed E-state index contributed by atoms with van der Waals surface area (Å²) in [7, 11) is -0.252. The average molecular weight is 262 g/mol. The molecule has 0 saturated carbocycles. The second-order valence-corrected chi connectivity index (χ2v) is 7.39. The first-order valence-electron chi connectivity index (χ1n) is 6.73. The molecule has 1 heteroatoms. The van der Waals surface area contributed by atoms with E-state index >= 15 is 0 Å². The average Bonchev–Trinajstić information content (AvgIpc) is 2.83. The quantitative estimate of drug-likeness (QED) is 0.687. The molecule has 19 heavy (non-hydrogen) atoms. The predicted octanol–water partition coefficient (Wildman–Crippen LogP) is 3.71. The third kappa shape index (κ3) is 1.71. The van der Waals surface area contributed by atoms with E-state index in [9.17, 15) is 0 Å². The molecule has 1 heterocycles. The highest BCUT2D eigenvalue weighted by atomic mass is 31.1. The van der Waals surface area contributed by atoms with Gasteiger partial charge in [0.05, 0.1) is 0 Å². The van der Waals surface area contributed by atoms with Gasteiger partial charge in [-0.25, -0.2) is 0 Å². The Balaban J connectivity index is 1.91. The number of allylic oxidation sites excluding steroid dienone is 4. The minimum Gasteiger partial charge on any atom is -0.0760 e. The number of fused-ring (bicyclic) bond motifs is 3. The molecular formula is C18H15P. The van der Waals surface area contributed by atoms with Crippen molar-refractivity contribution in [3.8, 4) is 0 Å². The number of hydrogen-bond acceptors (Lipinski definition) is 0. The Bertz CT molecular complexity index is 654. The van der Waals surface area contributed by atoms with Crippen LogP contribution < -0.4 is 10.6 Å². The van der Waals surface area contributed by atoms with Crippen LogP contribution in [0, 0.1) is 0 Å². The monoisotopic (exact) mass is 262 g/mol. The Hall–Kier alpha value is -1.65. The maximum Gasteiger partial charge on any atom is 0.0158 e. The fraction of sp³-hybridized carbons (Fsp3) is 0.111. The molecule has 0 spiro atoms. The molecule has 2 aromatic rings. The summed E-state index contributed by atoms with van der Waals surface area (Å²) >= 11 is 0. The van der Waals surface area contributed by atoms with Crippen LogP contribution in [0.3, 0.4) is 0 Å². The second-order valence-electron chi connectivity index (χ2n) is 5.05. The van der Waals surface area contributed by atoms with Crippen molar-refractivity contribution in [3.63, 3.8) is 0 Å². The van der Waals surface area contributed by atoms with E-state index in [0.29, 0.717) is 11.6 Å². The molecule has 0 nitrogen and oxygen atoms in total. The SMILES string of the molecule is C1=CC2c3ccccc3P(c3ccccc3)C2C=C1. The van der Waals surface area contributed by atoms with E-state index in [1.54, 1.807) is 5.30 Å². The van der Waals surface area contributed by atoms with E-state index in [2.05, 4.69) is 78.9 Å². The van der Waals surface area contributed by atoms with Gasteiger partial charge in [-0.05, 0) is 24.1 Å². The molecule has 3 atom stereocenters. The summed E-state index contributed by atoms with van der Waals surface area (Å²) in [5.41, 5.74) is 2.17. The predicted molar refractivity (Wildman–Crippen MR) is 83.9 cm³/mol. The molecular weight excluding hydrogens is 247 g/mol. The number of hydrogen-bond donors (Lipinski definition) is 0. The molecule has 3 unspecified atom stereocenters. The van der Waals surface area contributed by atoms with Crippen LogP contribution in [0.4, 0.5) is 0 Å². The Morgan fingerprint density at radius 3 is 2.37 bits per heavy atom. The molecule has 92 valence electrons. The lowest BCUT2D eigenvalue weighted by Crippen LogP contribution is -2.16. The summed E-state index contributed by atoms with van der Waals surface area (Å²) in [6.07, 6.45) is 9.19. The van der Waals surface area contributed by atoms with Gasteiger partial charge in [-0.15, -0.1) is 0 Å². The summed E-state index contributed by atoms with van der Waals surface area (Å²) in [5, 5.41) is 3.06. The highest BCUT2D eigenvalue weighted by molar-refractivity contribution is 7.74. The van der Waals surface area contributed by atoms with Crippen LogP contribution in [0.25, 0.3) is 0 Å². The van der Waals surface area contributed by atoms with Crippen LogP contribution in [-0.2, 0) is 0 Å². The van der Waals surface area contributed by atoms with Crippen molar-refractivity contribution in [1.29, 1.82) is 0 Å². The highest BCUT2D eigenvalue weighted by Gasteiger charge is 2.38. The summed E-state index contributed by atoms with van der Waals surface area (Å²) < 4.78 is 0. The van der Waals surface area contributed by atoms with Crippen molar-refractivity contribution >= 4 is 18.5 Å². The van der Waals surface area contributed by atoms with Crippen LogP contribution >= 0.6 is 7.92 Å². The first-order chi connectivity index (χ1) is 9.45. The van der Waals surface area contributed by atoms with E-state index in [1.807, 2.05) is 0 Å². The van der Waals surface area contributed by atoms with Gasteiger partial charge >= 0.3 is 0 Å². The maximum atomic E-state index is 2.41. The summed E-state index contributed by atoms with van der Waals surface area (Å²) in [4.78, 5) is 0.